The van der Waals surface area contributed by atoms with Crippen LogP contribution < -0.4 is 5.32 Å². The van der Waals surface area contributed by atoms with Gasteiger partial charge >= 0.3 is 0 Å². The molecule has 4 nitrogen and oxygen atoms in total. The van der Waals surface area contributed by atoms with Crippen LogP contribution in [0.2, 0.25) is 0 Å². The molecule has 0 saturated carbocycles. The molecule has 1 saturated heterocycles. The Balaban J connectivity index is 2.15. The fraction of sp³-hybridized carbons (Fsp3) is 0.786. The molecule has 1 aliphatic heterocycles. The van der Waals surface area contributed by atoms with Crippen molar-refractivity contribution in [2.24, 2.45) is 0 Å². The van der Waals surface area contributed by atoms with E-state index >= 15 is 0 Å². The van der Waals surface area contributed by atoms with Gasteiger partial charge in [0.15, 0.2) is 0 Å². The lowest BCUT2D eigenvalue weighted by molar-refractivity contribution is 0.0492. The van der Waals surface area contributed by atoms with Gasteiger partial charge in [-0.1, -0.05) is 6.92 Å². The minimum absolute atomic E-state index is 0.197. The molecule has 3 atom stereocenters. The third kappa shape index (κ3) is 2.59. The first-order valence-electron chi connectivity index (χ1n) is 6.88. The van der Waals surface area contributed by atoms with Gasteiger partial charge in [0.25, 0.3) is 0 Å². The summed E-state index contributed by atoms with van der Waals surface area (Å²) in [4.78, 5) is 6.86. The average molecular weight is 251 g/mol. The monoisotopic (exact) mass is 251 g/mol. The molecule has 2 heterocycles. The van der Waals surface area contributed by atoms with Crippen LogP contribution in [0.15, 0.2) is 10.6 Å². The molecule has 2 rings (SSSR count). The van der Waals surface area contributed by atoms with Crippen molar-refractivity contribution in [3.05, 3.63) is 17.8 Å². The first-order valence-corrected chi connectivity index (χ1v) is 6.88. The molecule has 0 spiro atoms. The summed E-state index contributed by atoms with van der Waals surface area (Å²) in [5, 5.41) is 3.64. The van der Waals surface area contributed by atoms with Crippen molar-refractivity contribution < 1.29 is 4.42 Å². The quantitative estimate of drug-likeness (QED) is 0.896. The molecule has 3 unspecified atom stereocenters. The van der Waals surface area contributed by atoms with Gasteiger partial charge in [0.1, 0.15) is 5.76 Å². The Morgan fingerprint density at radius 2 is 2.39 bits per heavy atom. The first kappa shape index (κ1) is 13.6. The van der Waals surface area contributed by atoms with Crippen LogP contribution in [0.4, 0.5) is 0 Å². The minimum atomic E-state index is 0.197. The van der Waals surface area contributed by atoms with Gasteiger partial charge in [0, 0.05) is 24.7 Å². The Morgan fingerprint density at radius 3 is 2.94 bits per heavy atom. The zero-order valence-corrected chi connectivity index (χ0v) is 12.2. The summed E-state index contributed by atoms with van der Waals surface area (Å²) < 4.78 is 5.68. The molecule has 1 aromatic rings. The fourth-order valence-corrected chi connectivity index (χ4v) is 2.59. The van der Waals surface area contributed by atoms with Gasteiger partial charge in [-0.05, 0) is 34.1 Å². The smallest absolute Gasteiger partial charge is 0.211 e. The number of aromatic nitrogens is 1. The zero-order valence-electron chi connectivity index (χ0n) is 12.2. The van der Waals surface area contributed by atoms with Gasteiger partial charge in [-0.3, -0.25) is 4.90 Å². The van der Waals surface area contributed by atoms with Crippen molar-refractivity contribution in [3.8, 4) is 0 Å². The molecule has 102 valence electrons. The van der Waals surface area contributed by atoms with E-state index in [0.29, 0.717) is 6.04 Å². The molecule has 0 amide bonds. The molecule has 0 aliphatic carbocycles. The highest BCUT2D eigenvalue weighted by Gasteiger charge is 2.36. The summed E-state index contributed by atoms with van der Waals surface area (Å²) in [7, 11) is 0. The van der Waals surface area contributed by atoms with Gasteiger partial charge in [0.05, 0.1) is 12.2 Å². The number of hydrogen-bond acceptors (Lipinski definition) is 4. The van der Waals surface area contributed by atoms with Crippen LogP contribution in [-0.4, -0.2) is 34.6 Å². The Kier molecular flexibility index (Phi) is 3.78. The van der Waals surface area contributed by atoms with Crippen LogP contribution in [0.1, 0.15) is 51.8 Å². The Morgan fingerprint density at radius 1 is 1.67 bits per heavy atom. The second-order valence-electron chi connectivity index (χ2n) is 5.80. The second kappa shape index (κ2) is 5.02. The Hall–Kier alpha value is -0.870. The van der Waals surface area contributed by atoms with Crippen molar-refractivity contribution >= 4 is 0 Å². The number of rotatable bonds is 3. The van der Waals surface area contributed by atoms with Crippen LogP contribution in [0.3, 0.4) is 0 Å². The first-order chi connectivity index (χ1) is 8.45. The maximum absolute atomic E-state index is 5.68. The van der Waals surface area contributed by atoms with E-state index in [2.05, 4.69) is 42.9 Å². The largest absolute Gasteiger partial charge is 0.444 e. The normalized spacial score (nSPS) is 31.5. The molecule has 1 fully saturated rings. The van der Waals surface area contributed by atoms with E-state index in [9.17, 15) is 0 Å². The highest BCUT2D eigenvalue weighted by molar-refractivity contribution is 5.01. The van der Waals surface area contributed by atoms with Crippen molar-refractivity contribution in [3.63, 3.8) is 0 Å². The Labute approximate surface area is 110 Å². The summed E-state index contributed by atoms with van der Waals surface area (Å²) in [6, 6.07) is 0.744. The van der Waals surface area contributed by atoms with E-state index in [1.807, 2.05) is 6.92 Å². The van der Waals surface area contributed by atoms with Gasteiger partial charge in [-0.25, -0.2) is 4.98 Å². The summed E-state index contributed by atoms with van der Waals surface area (Å²) in [5.74, 6) is 1.72. The topological polar surface area (TPSA) is 41.3 Å². The van der Waals surface area contributed by atoms with Crippen molar-refractivity contribution in [1.82, 2.24) is 15.2 Å². The number of piperazine rings is 1. The number of hydrogen-bond donors (Lipinski definition) is 1. The lowest BCUT2D eigenvalue weighted by atomic mass is 9.93. The van der Waals surface area contributed by atoms with E-state index in [1.54, 1.807) is 6.20 Å². The van der Waals surface area contributed by atoms with Gasteiger partial charge in [-0.2, -0.15) is 0 Å². The maximum atomic E-state index is 5.68. The summed E-state index contributed by atoms with van der Waals surface area (Å²) in [6.45, 7) is 13.0. The molecule has 1 N–H and O–H groups in total. The average Bonchev–Trinajstić information content (AvgIpc) is 2.78. The van der Waals surface area contributed by atoms with Gasteiger partial charge in [0.2, 0.25) is 5.89 Å². The minimum Gasteiger partial charge on any atom is -0.444 e. The predicted octanol–water partition coefficient (Wildman–Crippen LogP) is 2.51. The van der Waals surface area contributed by atoms with E-state index < -0.39 is 0 Å². The molecule has 0 radical (unpaired) electrons. The third-order valence-electron chi connectivity index (χ3n) is 4.20. The zero-order chi connectivity index (χ0) is 13.3. The summed E-state index contributed by atoms with van der Waals surface area (Å²) >= 11 is 0. The molecule has 18 heavy (non-hydrogen) atoms. The molecule has 1 aliphatic rings. The van der Waals surface area contributed by atoms with Crippen LogP contribution >= 0.6 is 0 Å². The Bertz CT molecular complexity index is 403. The fourth-order valence-electron chi connectivity index (χ4n) is 2.59. The molecule has 0 aromatic carbocycles. The molecule has 0 bridgehead atoms. The number of oxazole rings is 1. The summed E-state index contributed by atoms with van der Waals surface area (Å²) in [5.41, 5.74) is 0.197. The van der Waals surface area contributed by atoms with E-state index in [1.165, 1.54) is 0 Å². The third-order valence-corrected chi connectivity index (χ3v) is 4.20. The van der Waals surface area contributed by atoms with Crippen molar-refractivity contribution in [2.75, 3.05) is 13.1 Å². The van der Waals surface area contributed by atoms with E-state index in [4.69, 9.17) is 4.42 Å². The standard InChI is InChI=1S/C14H25N3O/c1-6-14(5)9-17(10(2)7-16-14)12(4)13-15-8-11(3)18-13/h8,10,12,16H,6-7,9H2,1-5H3. The van der Waals surface area contributed by atoms with Crippen molar-refractivity contribution in [1.29, 1.82) is 0 Å². The van der Waals surface area contributed by atoms with Gasteiger partial charge < -0.3 is 9.73 Å². The molecular weight excluding hydrogens is 226 g/mol. The predicted molar refractivity (Wildman–Crippen MR) is 72.5 cm³/mol. The van der Waals surface area contributed by atoms with E-state index in [0.717, 1.165) is 31.2 Å². The second-order valence-corrected chi connectivity index (χ2v) is 5.80. The lowest BCUT2D eigenvalue weighted by Gasteiger charge is -2.46. The van der Waals surface area contributed by atoms with Crippen molar-refractivity contribution in [2.45, 2.75) is 58.7 Å². The molecular formula is C14H25N3O. The number of nitrogens with one attached hydrogen (secondary N) is 1. The van der Waals surface area contributed by atoms with Gasteiger partial charge in [-0.15, -0.1) is 0 Å². The SMILES string of the molecule is CCC1(C)CN(C(C)c2ncc(C)o2)C(C)CN1. The number of nitrogens with zero attached hydrogens (tertiary/aromatic N) is 2. The van der Waals surface area contributed by atoms with Crippen LogP contribution in [0.25, 0.3) is 0 Å². The molecule has 1 aromatic heterocycles. The van der Waals surface area contributed by atoms with Crippen LogP contribution in [0, 0.1) is 6.92 Å². The number of aryl methyl sites for hydroxylation is 1. The lowest BCUT2D eigenvalue weighted by Crippen LogP contribution is -2.62. The van der Waals surface area contributed by atoms with E-state index in [-0.39, 0.29) is 11.6 Å². The summed E-state index contributed by atoms with van der Waals surface area (Å²) in [6.07, 6.45) is 2.94. The highest BCUT2D eigenvalue weighted by Crippen LogP contribution is 2.28. The highest BCUT2D eigenvalue weighted by atomic mass is 16.4. The van der Waals surface area contributed by atoms with Crippen LogP contribution in [-0.2, 0) is 0 Å². The molecule has 4 heteroatoms. The maximum Gasteiger partial charge on any atom is 0.211 e. The van der Waals surface area contributed by atoms with Crippen LogP contribution in [0.5, 0.6) is 0 Å².